The molecular formula is C10H19NO4S. The molecule has 0 saturated carbocycles. The molecule has 0 aromatic rings. The molecule has 2 rings (SSSR count). The Kier molecular flexibility index (Phi) is 4.18. The van der Waals surface area contributed by atoms with Crippen molar-refractivity contribution in [3.05, 3.63) is 0 Å². The summed E-state index contributed by atoms with van der Waals surface area (Å²) < 4.78 is 33.3. The maximum Gasteiger partial charge on any atom is 0.151 e. The van der Waals surface area contributed by atoms with Gasteiger partial charge < -0.3 is 14.8 Å². The normalized spacial score (nSPS) is 34.8. The minimum absolute atomic E-state index is 0.102. The molecule has 5 nitrogen and oxygen atoms in total. The molecule has 6 heteroatoms. The summed E-state index contributed by atoms with van der Waals surface area (Å²) in [6.45, 7) is 1.81. The first-order valence-electron chi connectivity index (χ1n) is 5.79. The minimum Gasteiger partial charge on any atom is -0.355 e. The lowest BCUT2D eigenvalue weighted by Gasteiger charge is -2.27. The highest BCUT2D eigenvalue weighted by Crippen LogP contribution is 2.13. The van der Waals surface area contributed by atoms with Gasteiger partial charge in [0.15, 0.2) is 9.84 Å². The second-order valence-corrected chi connectivity index (χ2v) is 6.69. The van der Waals surface area contributed by atoms with Crippen LogP contribution in [-0.2, 0) is 19.3 Å². The van der Waals surface area contributed by atoms with Crippen molar-refractivity contribution < 1.29 is 17.9 Å². The van der Waals surface area contributed by atoms with E-state index in [0.717, 1.165) is 32.4 Å². The lowest BCUT2D eigenvalue weighted by atomic mass is 10.1. The summed E-state index contributed by atoms with van der Waals surface area (Å²) in [6, 6.07) is 0.102. The van der Waals surface area contributed by atoms with Gasteiger partial charge in [-0.15, -0.1) is 0 Å². The Balaban J connectivity index is 1.72. The number of sulfone groups is 1. The summed E-state index contributed by atoms with van der Waals surface area (Å²) in [6.07, 6.45) is 2.77. The Morgan fingerprint density at radius 2 is 2.19 bits per heavy atom. The zero-order valence-corrected chi connectivity index (χ0v) is 10.2. The predicted molar refractivity (Wildman–Crippen MR) is 60.0 cm³/mol. The van der Waals surface area contributed by atoms with Crippen LogP contribution in [0.25, 0.3) is 0 Å². The van der Waals surface area contributed by atoms with Gasteiger partial charge in [0.05, 0.1) is 24.2 Å². The molecule has 0 amide bonds. The van der Waals surface area contributed by atoms with Crippen molar-refractivity contribution in [2.75, 3.05) is 31.5 Å². The fraction of sp³-hybridized carbons (Fsp3) is 1.00. The van der Waals surface area contributed by atoms with E-state index in [0.29, 0.717) is 12.5 Å². The van der Waals surface area contributed by atoms with Gasteiger partial charge in [0.2, 0.25) is 0 Å². The third-order valence-corrected chi connectivity index (χ3v) is 4.89. The zero-order chi connectivity index (χ0) is 11.4. The molecule has 94 valence electrons. The van der Waals surface area contributed by atoms with E-state index in [2.05, 4.69) is 5.32 Å². The molecule has 2 atom stereocenters. The third-order valence-electron chi connectivity index (χ3n) is 3.07. The molecule has 2 saturated heterocycles. The van der Waals surface area contributed by atoms with E-state index >= 15 is 0 Å². The summed E-state index contributed by atoms with van der Waals surface area (Å²) in [5.74, 6) is 0.620. The quantitative estimate of drug-likeness (QED) is 0.757. The van der Waals surface area contributed by atoms with Gasteiger partial charge in [0.25, 0.3) is 0 Å². The average Bonchev–Trinajstić information content (AvgIpc) is 2.27. The number of nitrogens with one attached hydrogen (secondary N) is 1. The first-order valence-corrected chi connectivity index (χ1v) is 7.61. The van der Waals surface area contributed by atoms with Gasteiger partial charge in [-0.05, 0) is 19.3 Å². The van der Waals surface area contributed by atoms with Crippen molar-refractivity contribution in [3.8, 4) is 0 Å². The van der Waals surface area contributed by atoms with Crippen molar-refractivity contribution in [3.63, 3.8) is 0 Å². The summed E-state index contributed by atoms with van der Waals surface area (Å²) in [7, 11) is -2.81. The maximum absolute atomic E-state index is 11.4. The van der Waals surface area contributed by atoms with Crippen molar-refractivity contribution >= 4 is 9.84 Å². The molecule has 1 N–H and O–H groups in total. The predicted octanol–water partition coefficient (Wildman–Crippen LogP) is -0.0838. The van der Waals surface area contributed by atoms with Crippen LogP contribution in [0.5, 0.6) is 0 Å². The molecule has 0 aliphatic carbocycles. The molecule has 16 heavy (non-hydrogen) atoms. The molecule has 0 bridgehead atoms. The standard InChI is InChI=1S/C10H19NO4S/c12-16(13)5-1-2-9(7-16)11-6-10-3-4-14-8-15-10/h9-11H,1-8H2. The highest BCUT2D eigenvalue weighted by Gasteiger charge is 2.25. The Morgan fingerprint density at radius 3 is 2.88 bits per heavy atom. The van der Waals surface area contributed by atoms with Gasteiger partial charge in [-0.3, -0.25) is 0 Å². The van der Waals surface area contributed by atoms with Gasteiger partial charge in [-0.1, -0.05) is 0 Å². The molecule has 0 aromatic carbocycles. The zero-order valence-electron chi connectivity index (χ0n) is 9.35. The van der Waals surface area contributed by atoms with Gasteiger partial charge in [-0.2, -0.15) is 0 Å². The number of hydrogen-bond donors (Lipinski definition) is 1. The van der Waals surface area contributed by atoms with Gasteiger partial charge in [-0.25, -0.2) is 8.42 Å². The maximum atomic E-state index is 11.4. The number of ether oxygens (including phenoxy) is 2. The van der Waals surface area contributed by atoms with Crippen molar-refractivity contribution in [1.29, 1.82) is 0 Å². The Bertz CT molecular complexity index is 311. The summed E-state index contributed by atoms with van der Waals surface area (Å²) >= 11 is 0. The molecule has 2 heterocycles. The van der Waals surface area contributed by atoms with Crippen LogP contribution in [0.15, 0.2) is 0 Å². The molecule has 0 spiro atoms. The van der Waals surface area contributed by atoms with Crippen LogP contribution in [0.2, 0.25) is 0 Å². The van der Waals surface area contributed by atoms with E-state index in [9.17, 15) is 8.42 Å². The van der Waals surface area contributed by atoms with E-state index in [1.54, 1.807) is 0 Å². The lowest BCUT2D eigenvalue weighted by Crippen LogP contribution is -2.44. The van der Waals surface area contributed by atoms with Gasteiger partial charge in [0, 0.05) is 12.6 Å². The fourth-order valence-electron chi connectivity index (χ4n) is 2.14. The first kappa shape index (κ1) is 12.3. The molecule has 2 unspecified atom stereocenters. The smallest absolute Gasteiger partial charge is 0.151 e. The topological polar surface area (TPSA) is 64.6 Å². The average molecular weight is 249 g/mol. The Hall–Kier alpha value is -0.170. The summed E-state index contributed by atoms with van der Waals surface area (Å²) in [5, 5.41) is 3.29. The minimum atomic E-state index is -2.81. The second kappa shape index (κ2) is 5.44. The third kappa shape index (κ3) is 3.69. The highest BCUT2D eigenvalue weighted by molar-refractivity contribution is 7.91. The van der Waals surface area contributed by atoms with Crippen molar-refractivity contribution in [2.24, 2.45) is 0 Å². The van der Waals surface area contributed by atoms with E-state index in [-0.39, 0.29) is 17.9 Å². The fourth-order valence-corrected chi connectivity index (χ4v) is 3.82. The van der Waals surface area contributed by atoms with Crippen LogP contribution < -0.4 is 5.32 Å². The van der Waals surface area contributed by atoms with E-state index < -0.39 is 9.84 Å². The summed E-state index contributed by atoms with van der Waals surface area (Å²) in [5.41, 5.74) is 0. The SMILES string of the molecule is O=S1(=O)CCCC(NCC2CCOCO2)C1. The van der Waals surface area contributed by atoms with Crippen LogP contribution in [0.3, 0.4) is 0 Å². The molecular weight excluding hydrogens is 230 g/mol. The van der Waals surface area contributed by atoms with Crippen LogP contribution in [0.4, 0.5) is 0 Å². The monoisotopic (exact) mass is 249 g/mol. The highest BCUT2D eigenvalue weighted by atomic mass is 32.2. The molecule has 0 radical (unpaired) electrons. The van der Waals surface area contributed by atoms with E-state index in [1.165, 1.54) is 0 Å². The number of hydrogen-bond acceptors (Lipinski definition) is 5. The van der Waals surface area contributed by atoms with Gasteiger partial charge in [0.1, 0.15) is 6.79 Å². The largest absolute Gasteiger partial charge is 0.355 e. The van der Waals surface area contributed by atoms with E-state index in [1.807, 2.05) is 0 Å². The van der Waals surface area contributed by atoms with E-state index in [4.69, 9.17) is 9.47 Å². The molecule has 2 aliphatic heterocycles. The lowest BCUT2D eigenvalue weighted by molar-refractivity contribution is -0.137. The number of rotatable bonds is 3. The van der Waals surface area contributed by atoms with Crippen molar-refractivity contribution in [2.45, 2.75) is 31.4 Å². The second-order valence-electron chi connectivity index (χ2n) is 4.47. The molecule has 2 aliphatic rings. The molecule has 0 aromatic heterocycles. The van der Waals surface area contributed by atoms with Crippen LogP contribution >= 0.6 is 0 Å². The van der Waals surface area contributed by atoms with Crippen LogP contribution in [-0.4, -0.2) is 52.0 Å². The van der Waals surface area contributed by atoms with Crippen LogP contribution in [0, 0.1) is 0 Å². The molecule has 2 fully saturated rings. The Morgan fingerprint density at radius 1 is 1.31 bits per heavy atom. The van der Waals surface area contributed by atoms with Crippen molar-refractivity contribution in [1.82, 2.24) is 5.32 Å². The van der Waals surface area contributed by atoms with Crippen LogP contribution in [0.1, 0.15) is 19.3 Å². The Labute approximate surface area is 96.4 Å². The first-order chi connectivity index (χ1) is 7.66. The summed E-state index contributed by atoms with van der Waals surface area (Å²) in [4.78, 5) is 0. The van der Waals surface area contributed by atoms with Gasteiger partial charge >= 0.3 is 0 Å².